The zero-order chi connectivity index (χ0) is 22.1. The van der Waals surface area contributed by atoms with E-state index in [2.05, 4.69) is 44.8 Å². The minimum Gasteiger partial charge on any atom is -0.496 e. The first-order valence-corrected chi connectivity index (χ1v) is 10.7. The van der Waals surface area contributed by atoms with Crippen LogP contribution in [-0.4, -0.2) is 52.3 Å². The minimum absolute atomic E-state index is 0. The predicted molar refractivity (Wildman–Crippen MR) is 140 cm³/mol. The molecule has 8 heteroatoms. The first-order chi connectivity index (χ1) is 15.2. The zero-order valence-electron chi connectivity index (χ0n) is 19.4. The first-order valence-electron chi connectivity index (χ1n) is 10.7. The van der Waals surface area contributed by atoms with Gasteiger partial charge in [0, 0.05) is 38.3 Å². The normalized spacial score (nSPS) is 13.9. The lowest BCUT2D eigenvalue weighted by molar-refractivity contribution is 0.331. The lowest BCUT2D eigenvalue weighted by Crippen LogP contribution is -2.36. The molecule has 0 saturated carbocycles. The molecular formula is C24H35IN4O3. The van der Waals surface area contributed by atoms with Crippen LogP contribution in [-0.2, 0) is 19.6 Å². The maximum Gasteiger partial charge on any atom is 0.191 e. The van der Waals surface area contributed by atoms with Gasteiger partial charge in [-0.25, -0.2) is 0 Å². The fourth-order valence-corrected chi connectivity index (χ4v) is 3.78. The molecule has 7 nitrogen and oxygen atoms in total. The summed E-state index contributed by atoms with van der Waals surface area (Å²) in [6.45, 7) is 4.72. The third kappa shape index (κ3) is 7.16. The van der Waals surface area contributed by atoms with Gasteiger partial charge in [0.25, 0.3) is 0 Å². The lowest BCUT2D eigenvalue weighted by atomic mass is 10.1. The summed E-state index contributed by atoms with van der Waals surface area (Å²) < 4.78 is 16.3. The molecule has 0 aliphatic carbocycles. The highest BCUT2D eigenvalue weighted by atomic mass is 127. The van der Waals surface area contributed by atoms with Crippen molar-refractivity contribution in [1.29, 1.82) is 0 Å². The molecule has 2 N–H and O–H groups in total. The topological polar surface area (TPSA) is 67.4 Å². The van der Waals surface area contributed by atoms with Crippen molar-refractivity contribution in [3.8, 4) is 17.2 Å². The number of nitrogens with zero attached hydrogens (tertiary/aromatic N) is 2. The average molecular weight is 554 g/mol. The fourth-order valence-electron chi connectivity index (χ4n) is 3.78. The molecule has 176 valence electrons. The van der Waals surface area contributed by atoms with E-state index >= 15 is 0 Å². The molecule has 3 rings (SSSR count). The van der Waals surface area contributed by atoms with E-state index in [1.165, 1.54) is 37.1 Å². The summed E-state index contributed by atoms with van der Waals surface area (Å²) >= 11 is 0. The molecule has 0 amide bonds. The number of nitrogens with one attached hydrogen (secondary N) is 2. The molecule has 0 aromatic heterocycles. The molecule has 0 bridgehead atoms. The van der Waals surface area contributed by atoms with E-state index in [0.29, 0.717) is 24.6 Å². The second kappa shape index (κ2) is 13.4. The van der Waals surface area contributed by atoms with Crippen molar-refractivity contribution < 1.29 is 14.2 Å². The van der Waals surface area contributed by atoms with Crippen LogP contribution in [0.15, 0.2) is 41.4 Å². The molecule has 0 radical (unpaired) electrons. The Kier molecular flexibility index (Phi) is 10.9. The van der Waals surface area contributed by atoms with Crippen molar-refractivity contribution in [1.82, 2.24) is 15.5 Å². The SMILES string of the molecule is CN=C(NCc1ccc(CN2CCCC2)cc1)NCc1cc(OC)c(OC)cc1OC.I. The number of halogens is 1. The monoisotopic (exact) mass is 554 g/mol. The highest BCUT2D eigenvalue weighted by molar-refractivity contribution is 14.0. The number of methoxy groups -OCH3 is 3. The van der Waals surface area contributed by atoms with Crippen LogP contribution in [0.4, 0.5) is 0 Å². The molecule has 1 aliphatic heterocycles. The largest absolute Gasteiger partial charge is 0.496 e. The van der Waals surface area contributed by atoms with Crippen molar-refractivity contribution in [2.45, 2.75) is 32.5 Å². The molecule has 2 aromatic carbocycles. The van der Waals surface area contributed by atoms with E-state index in [9.17, 15) is 0 Å². The maximum atomic E-state index is 5.50. The highest BCUT2D eigenvalue weighted by Crippen LogP contribution is 2.34. The Hall–Kier alpha value is -2.20. The van der Waals surface area contributed by atoms with E-state index in [1.807, 2.05) is 12.1 Å². The van der Waals surface area contributed by atoms with Gasteiger partial charge in [-0.3, -0.25) is 9.89 Å². The summed E-state index contributed by atoms with van der Waals surface area (Å²) in [5.74, 6) is 2.75. The molecule has 1 heterocycles. The van der Waals surface area contributed by atoms with Gasteiger partial charge in [-0.05, 0) is 43.1 Å². The van der Waals surface area contributed by atoms with Crippen molar-refractivity contribution in [2.24, 2.45) is 4.99 Å². The average Bonchev–Trinajstić information content (AvgIpc) is 3.32. The van der Waals surface area contributed by atoms with Gasteiger partial charge in [0.05, 0.1) is 21.3 Å². The van der Waals surface area contributed by atoms with E-state index < -0.39 is 0 Å². The van der Waals surface area contributed by atoms with E-state index in [4.69, 9.17) is 14.2 Å². The van der Waals surface area contributed by atoms with Gasteiger partial charge < -0.3 is 24.8 Å². The van der Waals surface area contributed by atoms with Crippen LogP contribution in [0, 0.1) is 0 Å². The summed E-state index contributed by atoms with van der Waals surface area (Å²) in [7, 11) is 6.64. The second-order valence-electron chi connectivity index (χ2n) is 7.60. The molecule has 0 spiro atoms. The van der Waals surface area contributed by atoms with Gasteiger partial charge in [0.15, 0.2) is 17.5 Å². The molecule has 1 fully saturated rings. The molecule has 1 saturated heterocycles. The van der Waals surface area contributed by atoms with Crippen molar-refractivity contribution >= 4 is 29.9 Å². The number of hydrogen-bond donors (Lipinski definition) is 2. The summed E-state index contributed by atoms with van der Waals surface area (Å²) in [5, 5.41) is 6.70. The lowest BCUT2D eigenvalue weighted by Gasteiger charge is -2.17. The minimum atomic E-state index is 0. The highest BCUT2D eigenvalue weighted by Gasteiger charge is 2.13. The Morgan fingerprint density at radius 1 is 0.844 bits per heavy atom. The van der Waals surface area contributed by atoms with Gasteiger partial charge in [0.2, 0.25) is 0 Å². The summed E-state index contributed by atoms with van der Waals surface area (Å²) in [4.78, 5) is 6.84. The van der Waals surface area contributed by atoms with E-state index in [1.54, 1.807) is 28.4 Å². The van der Waals surface area contributed by atoms with Gasteiger partial charge in [0.1, 0.15) is 5.75 Å². The summed E-state index contributed by atoms with van der Waals surface area (Å²) in [6.07, 6.45) is 2.65. The fraction of sp³-hybridized carbons (Fsp3) is 0.458. The molecule has 0 atom stereocenters. The van der Waals surface area contributed by atoms with Crippen molar-refractivity contribution in [3.63, 3.8) is 0 Å². The number of guanidine groups is 1. The van der Waals surface area contributed by atoms with Gasteiger partial charge in [-0.2, -0.15) is 0 Å². The number of likely N-dealkylation sites (tertiary alicyclic amines) is 1. The Morgan fingerprint density at radius 3 is 2.00 bits per heavy atom. The Labute approximate surface area is 208 Å². The van der Waals surface area contributed by atoms with Gasteiger partial charge in [-0.1, -0.05) is 24.3 Å². The van der Waals surface area contributed by atoms with Crippen LogP contribution in [0.3, 0.4) is 0 Å². The zero-order valence-corrected chi connectivity index (χ0v) is 21.8. The predicted octanol–water partition coefficient (Wildman–Crippen LogP) is 3.79. The van der Waals surface area contributed by atoms with E-state index in [-0.39, 0.29) is 24.0 Å². The van der Waals surface area contributed by atoms with Crippen LogP contribution in [0.25, 0.3) is 0 Å². The van der Waals surface area contributed by atoms with Gasteiger partial charge in [-0.15, -0.1) is 24.0 Å². The number of hydrogen-bond acceptors (Lipinski definition) is 5. The number of rotatable bonds is 9. The van der Waals surface area contributed by atoms with Crippen LogP contribution in [0.2, 0.25) is 0 Å². The van der Waals surface area contributed by atoms with E-state index in [0.717, 1.165) is 23.8 Å². The van der Waals surface area contributed by atoms with Crippen LogP contribution in [0.5, 0.6) is 17.2 Å². The summed E-state index contributed by atoms with van der Waals surface area (Å²) in [5.41, 5.74) is 3.54. The number of benzene rings is 2. The molecule has 32 heavy (non-hydrogen) atoms. The maximum absolute atomic E-state index is 5.50. The Bertz CT molecular complexity index is 868. The van der Waals surface area contributed by atoms with Gasteiger partial charge >= 0.3 is 0 Å². The standard InChI is InChI=1S/C24H34N4O3.HI/c1-25-24(27-16-20-13-22(30-3)23(31-4)14-21(20)29-2)26-15-18-7-9-19(10-8-18)17-28-11-5-6-12-28;/h7-10,13-14H,5-6,11-12,15-17H2,1-4H3,(H2,25,26,27);1H. The van der Waals surface area contributed by atoms with Crippen molar-refractivity contribution in [2.75, 3.05) is 41.5 Å². The molecular weight excluding hydrogens is 519 g/mol. The summed E-state index contributed by atoms with van der Waals surface area (Å²) in [6, 6.07) is 12.6. The smallest absolute Gasteiger partial charge is 0.191 e. The Morgan fingerprint density at radius 2 is 1.41 bits per heavy atom. The second-order valence-corrected chi connectivity index (χ2v) is 7.60. The van der Waals surface area contributed by atoms with Crippen molar-refractivity contribution in [3.05, 3.63) is 53.1 Å². The number of ether oxygens (including phenoxy) is 3. The molecule has 0 unspecified atom stereocenters. The quantitative estimate of drug-likeness (QED) is 0.280. The number of aliphatic imine (C=N–C) groups is 1. The molecule has 2 aromatic rings. The molecule has 1 aliphatic rings. The van der Waals surface area contributed by atoms with Crippen LogP contribution < -0.4 is 24.8 Å². The third-order valence-electron chi connectivity index (χ3n) is 5.54. The van der Waals surface area contributed by atoms with Crippen LogP contribution in [0.1, 0.15) is 29.5 Å². The third-order valence-corrected chi connectivity index (χ3v) is 5.54. The Balaban J connectivity index is 0.00000363. The van der Waals surface area contributed by atoms with Crippen LogP contribution >= 0.6 is 24.0 Å². The first kappa shape index (κ1) is 26.1.